The van der Waals surface area contributed by atoms with Gasteiger partial charge in [0.15, 0.2) is 0 Å². The summed E-state index contributed by atoms with van der Waals surface area (Å²) in [5.41, 5.74) is 9.28. The molecular formula is C36H26N2. The predicted octanol–water partition coefficient (Wildman–Crippen LogP) is 9.52. The highest BCUT2D eigenvalue weighted by Gasteiger charge is 2.18. The van der Waals surface area contributed by atoms with Crippen LogP contribution < -0.4 is 0 Å². The zero-order valence-electron chi connectivity index (χ0n) is 21.0. The number of aromatic nitrogens is 2. The summed E-state index contributed by atoms with van der Waals surface area (Å²) in [7, 11) is 0. The van der Waals surface area contributed by atoms with Gasteiger partial charge >= 0.3 is 0 Å². The van der Waals surface area contributed by atoms with Gasteiger partial charge in [0.1, 0.15) is 0 Å². The monoisotopic (exact) mass is 486 g/mol. The molecule has 2 aromatic heterocycles. The van der Waals surface area contributed by atoms with Crippen LogP contribution in [-0.2, 0) is 0 Å². The van der Waals surface area contributed by atoms with Crippen LogP contribution in [0.2, 0.25) is 0 Å². The summed E-state index contributed by atoms with van der Waals surface area (Å²) >= 11 is 0. The lowest BCUT2D eigenvalue weighted by Crippen LogP contribution is -1.95. The van der Waals surface area contributed by atoms with Crippen molar-refractivity contribution in [3.05, 3.63) is 139 Å². The van der Waals surface area contributed by atoms with Crippen molar-refractivity contribution < 1.29 is 0 Å². The molecule has 2 heterocycles. The Morgan fingerprint density at radius 1 is 0.500 bits per heavy atom. The lowest BCUT2D eigenvalue weighted by molar-refractivity contribution is 1.05. The Labute approximate surface area is 222 Å². The molecule has 0 bridgehead atoms. The number of nitrogens with zero attached hydrogens (tertiary/aromatic N) is 2. The highest BCUT2D eigenvalue weighted by Crippen LogP contribution is 2.43. The second kappa shape index (κ2) is 9.57. The van der Waals surface area contributed by atoms with Gasteiger partial charge in [0, 0.05) is 23.5 Å². The molecule has 2 heteroatoms. The van der Waals surface area contributed by atoms with Gasteiger partial charge in [-0.05, 0) is 80.9 Å². The first-order chi connectivity index (χ1) is 18.9. The van der Waals surface area contributed by atoms with Crippen molar-refractivity contribution in [2.24, 2.45) is 0 Å². The molecule has 7 rings (SSSR count). The van der Waals surface area contributed by atoms with E-state index in [1.54, 1.807) is 0 Å². The summed E-state index contributed by atoms with van der Waals surface area (Å²) < 4.78 is 0. The molecule has 0 saturated carbocycles. The molecule has 4 aromatic carbocycles. The number of hydrogen-bond acceptors (Lipinski definition) is 2. The van der Waals surface area contributed by atoms with Crippen molar-refractivity contribution in [2.45, 2.75) is 12.8 Å². The summed E-state index contributed by atoms with van der Waals surface area (Å²) in [5.74, 6) is 0. The van der Waals surface area contributed by atoms with E-state index in [0.29, 0.717) is 0 Å². The van der Waals surface area contributed by atoms with Crippen LogP contribution in [0.25, 0.3) is 60.8 Å². The summed E-state index contributed by atoms with van der Waals surface area (Å²) in [6, 6.07) is 36.6. The second-order valence-corrected chi connectivity index (χ2v) is 9.73. The second-order valence-electron chi connectivity index (χ2n) is 9.73. The van der Waals surface area contributed by atoms with E-state index in [1.807, 2.05) is 12.4 Å². The van der Waals surface area contributed by atoms with Crippen molar-refractivity contribution in [2.75, 3.05) is 0 Å². The van der Waals surface area contributed by atoms with Crippen molar-refractivity contribution in [1.29, 1.82) is 0 Å². The van der Waals surface area contributed by atoms with E-state index in [4.69, 9.17) is 9.97 Å². The first kappa shape index (κ1) is 22.4. The van der Waals surface area contributed by atoms with Gasteiger partial charge in [-0.2, -0.15) is 0 Å². The predicted molar refractivity (Wildman–Crippen MR) is 160 cm³/mol. The topological polar surface area (TPSA) is 25.8 Å². The van der Waals surface area contributed by atoms with Crippen molar-refractivity contribution >= 4 is 27.1 Å². The van der Waals surface area contributed by atoms with Crippen LogP contribution in [-0.4, -0.2) is 9.97 Å². The normalized spacial score (nSPS) is 13.1. The maximum atomic E-state index is 4.90. The maximum Gasteiger partial charge on any atom is 0.0720 e. The van der Waals surface area contributed by atoms with E-state index in [2.05, 4.69) is 121 Å². The Kier molecular flexibility index (Phi) is 5.64. The van der Waals surface area contributed by atoms with Gasteiger partial charge in [-0.1, -0.05) is 97.1 Å². The summed E-state index contributed by atoms with van der Waals surface area (Å²) in [6.45, 7) is 0. The molecule has 0 aliphatic heterocycles. The van der Waals surface area contributed by atoms with Gasteiger partial charge in [-0.25, -0.2) is 0 Å². The fraction of sp³-hybridized carbons (Fsp3) is 0.0556. The first-order valence-corrected chi connectivity index (χ1v) is 13.1. The fourth-order valence-electron chi connectivity index (χ4n) is 5.67. The van der Waals surface area contributed by atoms with E-state index < -0.39 is 0 Å². The molecule has 1 aliphatic rings. The smallest absolute Gasteiger partial charge is 0.0720 e. The van der Waals surface area contributed by atoms with E-state index in [9.17, 15) is 0 Å². The SMILES string of the molecule is C1=CCCC(c2ccnc(-c3c4ccccc4c(-c4cc(-c5ccccc5)ccn4)c4ccccc34)c2)=C1. The largest absolute Gasteiger partial charge is 0.256 e. The van der Waals surface area contributed by atoms with Crippen LogP contribution in [0.3, 0.4) is 0 Å². The van der Waals surface area contributed by atoms with Crippen LogP contribution in [0.1, 0.15) is 18.4 Å². The van der Waals surface area contributed by atoms with E-state index in [1.165, 1.54) is 43.8 Å². The van der Waals surface area contributed by atoms with Crippen LogP contribution in [0.5, 0.6) is 0 Å². The molecular weight excluding hydrogens is 460 g/mol. The van der Waals surface area contributed by atoms with Crippen LogP contribution >= 0.6 is 0 Å². The minimum absolute atomic E-state index is 0.978. The quantitative estimate of drug-likeness (QED) is 0.232. The average molecular weight is 487 g/mol. The molecule has 0 amide bonds. The highest BCUT2D eigenvalue weighted by atomic mass is 14.7. The molecule has 0 N–H and O–H groups in total. The molecule has 0 spiro atoms. The zero-order chi connectivity index (χ0) is 25.3. The number of fused-ring (bicyclic) bond motifs is 2. The lowest BCUT2D eigenvalue weighted by Gasteiger charge is -2.18. The number of benzene rings is 4. The fourth-order valence-corrected chi connectivity index (χ4v) is 5.67. The molecule has 1 aliphatic carbocycles. The third-order valence-corrected chi connectivity index (χ3v) is 7.46. The Balaban J connectivity index is 1.50. The lowest BCUT2D eigenvalue weighted by atomic mass is 9.87. The Hall–Kier alpha value is -4.82. The van der Waals surface area contributed by atoms with E-state index >= 15 is 0 Å². The van der Waals surface area contributed by atoms with Gasteiger partial charge in [0.25, 0.3) is 0 Å². The van der Waals surface area contributed by atoms with Crippen molar-refractivity contribution in [3.8, 4) is 33.6 Å². The average Bonchev–Trinajstić information content (AvgIpc) is 3.01. The maximum absolute atomic E-state index is 4.90. The zero-order valence-corrected chi connectivity index (χ0v) is 21.0. The molecule has 2 nitrogen and oxygen atoms in total. The molecule has 0 fully saturated rings. The van der Waals surface area contributed by atoms with Gasteiger partial charge in [-0.3, -0.25) is 9.97 Å². The number of hydrogen-bond donors (Lipinski definition) is 0. The highest BCUT2D eigenvalue weighted by molar-refractivity contribution is 6.20. The Bertz CT molecular complexity index is 1810. The van der Waals surface area contributed by atoms with Gasteiger partial charge < -0.3 is 0 Å². The van der Waals surface area contributed by atoms with Crippen molar-refractivity contribution in [1.82, 2.24) is 9.97 Å². The van der Waals surface area contributed by atoms with Crippen molar-refractivity contribution in [3.63, 3.8) is 0 Å². The summed E-state index contributed by atoms with van der Waals surface area (Å²) in [6.07, 6.45) is 12.6. The van der Waals surface area contributed by atoms with Crippen LogP contribution in [0.15, 0.2) is 134 Å². The standard InChI is InChI=1S/C36H26N2/c1-3-11-25(12-4-1)27-19-21-37-33(23-27)35-29-15-7-9-17-31(29)36(32-18-10-8-16-30(32)35)34-24-28(20-22-38-34)26-13-5-2-6-14-26/h1-5,7-13,15-24H,6,14H2. The van der Waals surface area contributed by atoms with E-state index in [-0.39, 0.29) is 0 Å². The Morgan fingerprint density at radius 2 is 1.03 bits per heavy atom. The summed E-state index contributed by atoms with van der Waals surface area (Å²) in [4.78, 5) is 9.78. The number of rotatable bonds is 4. The minimum Gasteiger partial charge on any atom is -0.256 e. The molecule has 0 radical (unpaired) electrons. The van der Waals surface area contributed by atoms with Gasteiger partial charge in [0.2, 0.25) is 0 Å². The molecule has 180 valence electrons. The van der Waals surface area contributed by atoms with Crippen LogP contribution in [0.4, 0.5) is 0 Å². The number of pyridine rings is 2. The number of allylic oxidation sites excluding steroid dienone is 4. The molecule has 38 heavy (non-hydrogen) atoms. The first-order valence-electron chi connectivity index (χ1n) is 13.1. The molecule has 0 saturated heterocycles. The van der Waals surface area contributed by atoms with E-state index in [0.717, 1.165) is 35.4 Å². The van der Waals surface area contributed by atoms with Crippen LogP contribution in [0, 0.1) is 0 Å². The van der Waals surface area contributed by atoms with Gasteiger partial charge in [0.05, 0.1) is 11.4 Å². The van der Waals surface area contributed by atoms with Gasteiger partial charge in [-0.15, -0.1) is 0 Å². The summed E-state index contributed by atoms with van der Waals surface area (Å²) in [5, 5.41) is 4.75. The third-order valence-electron chi connectivity index (χ3n) is 7.46. The Morgan fingerprint density at radius 3 is 1.58 bits per heavy atom. The minimum atomic E-state index is 0.978. The molecule has 0 atom stereocenters. The molecule has 0 unspecified atom stereocenters. The molecule has 6 aromatic rings. The third kappa shape index (κ3) is 3.91.